The van der Waals surface area contributed by atoms with Gasteiger partial charge in [0.25, 0.3) is 0 Å². The highest BCUT2D eigenvalue weighted by Gasteiger charge is 2.18. The third-order valence-corrected chi connectivity index (χ3v) is 2.73. The van der Waals surface area contributed by atoms with Crippen LogP contribution >= 0.6 is 0 Å². The number of nitrogens with one attached hydrogen (secondary N) is 2. The number of rotatable bonds is 5. The van der Waals surface area contributed by atoms with E-state index >= 15 is 0 Å². The summed E-state index contributed by atoms with van der Waals surface area (Å²) in [6.07, 6.45) is 0. The number of hydrogen-bond donors (Lipinski definition) is 3. The quantitative estimate of drug-likeness (QED) is 0.713. The first-order chi connectivity index (χ1) is 9.72. The molecule has 0 unspecified atom stereocenters. The van der Waals surface area contributed by atoms with Gasteiger partial charge in [-0.25, -0.2) is 13.2 Å². The Morgan fingerprint density at radius 2 is 1.71 bits per heavy atom. The van der Waals surface area contributed by atoms with Gasteiger partial charge in [-0.2, -0.15) is 0 Å². The maximum Gasteiger partial charge on any atom is 0.243 e. The number of carbonyl (C=O) groups excluding carboxylic acids is 2. The molecule has 8 heteroatoms. The fourth-order valence-corrected chi connectivity index (χ4v) is 1.40. The minimum atomic E-state index is -1.36. The Morgan fingerprint density at radius 1 is 1.14 bits per heavy atom. The predicted octanol–water partition coefficient (Wildman–Crippen LogP) is 1.14. The van der Waals surface area contributed by atoms with Gasteiger partial charge in [-0.1, -0.05) is 13.8 Å². The van der Waals surface area contributed by atoms with Gasteiger partial charge in [0.05, 0.1) is 18.3 Å². The highest BCUT2D eigenvalue weighted by molar-refractivity contribution is 5.95. The maximum absolute atomic E-state index is 13.3. The Morgan fingerprint density at radius 3 is 2.29 bits per heavy atom. The average molecular weight is 303 g/mol. The van der Waals surface area contributed by atoms with Crippen LogP contribution in [0.3, 0.4) is 0 Å². The van der Waals surface area contributed by atoms with Crippen LogP contribution in [-0.2, 0) is 9.59 Å². The molecular formula is C13H16F3N3O2. The van der Waals surface area contributed by atoms with Gasteiger partial charge in [-0.05, 0) is 5.92 Å². The van der Waals surface area contributed by atoms with E-state index in [0.29, 0.717) is 12.1 Å². The minimum absolute atomic E-state index is 0.114. The second-order valence-electron chi connectivity index (χ2n) is 4.78. The van der Waals surface area contributed by atoms with E-state index in [1.807, 2.05) is 5.32 Å². The second-order valence-corrected chi connectivity index (χ2v) is 4.78. The third kappa shape index (κ3) is 4.75. The molecule has 0 aliphatic rings. The van der Waals surface area contributed by atoms with Crippen molar-refractivity contribution < 1.29 is 22.8 Å². The van der Waals surface area contributed by atoms with Crippen molar-refractivity contribution in [1.29, 1.82) is 0 Å². The van der Waals surface area contributed by atoms with Gasteiger partial charge in [-0.15, -0.1) is 0 Å². The first-order valence-corrected chi connectivity index (χ1v) is 6.20. The summed E-state index contributed by atoms with van der Waals surface area (Å²) in [7, 11) is 0. The topological polar surface area (TPSA) is 84.2 Å². The highest BCUT2D eigenvalue weighted by Crippen LogP contribution is 2.18. The summed E-state index contributed by atoms with van der Waals surface area (Å²) < 4.78 is 39.0. The van der Waals surface area contributed by atoms with Crippen molar-refractivity contribution in [2.75, 3.05) is 11.9 Å². The molecule has 0 saturated heterocycles. The lowest BCUT2D eigenvalue weighted by Crippen LogP contribution is -2.46. The van der Waals surface area contributed by atoms with E-state index < -0.39 is 47.5 Å². The van der Waals surface area contributed by atoms with Gasteiger partial charge in [0.2, 0.25) is 11.8 Å². The van der Waals surface area contributed by atoms with Gasteiger partial charge in [0.1, 0.15) is 5.82 Å². The van der Waals surface area contributed by atoms with Crippen molar-refractivity contribution >= 4 is 17.5 Å². The van der Waals surface area contributed by atoms with Crippen LogP contribution in [-0.4, -0.2) is 24.4 Å². The molecule has 1 rings (SSSR count). The van der Waals surface area contributed by atoms with Crippen LogP contribution < -0.4 is 16.4 Å². The normalized spacial score (nSPS) is 12.1. The number of anilines is 1. The smallest absolute Gasteiger partial charge is 0.243 e. The lowest BCUT2D eigenvalue weighted by Gasteiger charge is -2.15. The van der Waals surface area contributed by atoms with Crippen molar-refractivity contribution in [2.24, 2.45) is 11.7 Å². The molecule has 0 aliphatic carbocycles. The SMILES string of the molecule is CC(C)[C@H](N)C(=O)NCC(=O)Nc1cc(F)c(F)cc1F. The number of hydrogen-bond acceptors (Lipinski definition) is 3. The summed E-state index contributed by atoms with van der Waals surface area (Å²) in [5, 5.41) is 4.29. The standard InChI is InChI=1S/C13H16F3N3O2/c1-6(2)12(17)13(21)18-5-11(20)19-10-4-8(15)7(14)3-9(10)16/h3-4,6,12H,5,17H2,1-2H3,(H,18,21)(H,19,20)/t12-/m0/s1. The average Bonchev–Trinajstić information content (AvgIpc) is 2.41. The van der Waals surface area contributed by atoms with Crippen LogP contribution in [0.15, 0.2) is 12.1 Å². The Labute approximate surface area is 119 Å². The molecule has 5 nitrogen and oxygen atoms in total. The van der Waals surface area contributed by atoms with Crippen molar-refractivity contribution in [3.05, 3.63) is 29.6 Å². The molecule has 1 atom stereocenters. The molecule has 116 valence electrons. The lowest BCUT2D eigenvalue weighted by atomic mass is 10.1. The Bertz CT molecular complexity index is 550. The molecule has 0 bridgehead atoms. The van der Waals surface area contributed by atoms with Crippen molar-refractivity contribution in [3.8, 4) is 0 Å². The van der Waals surface area contributed by atoms with E-state index in [1.54, 1.807) is 13.8 Å². The molecule has 0 saturated carbocycles. The van der Waals surface area contributed by atoms with E-state index in [0.717, 1.165) is 0 Å². The summed E-state index contributed by atoms with van der Waals surface area (Å²) >= 11 is 0. The molecule has 0 fully saturated rings. The second kappa shape index (κ2) is 7.07. The molecule has 21 heavy (non-hydrogen) atoms. The number of nitrogens with two attached hydrogens (primary N) is 1. The van der Waals surface area contributed by atoms with Crippen molar-refractivity contribution in [2.45, 2.75) is 19.9 Å². The Kier molecular flexibility index (Phi) is 5.71. The van der Waals surface area contributed by atoms with Crippen LogP contribution in [0.4, 0.5) is 18.9 Å². The predicted molar refractivity (Wildman–Crippen MR) is 70.8 cm³/mol. The van der Waals surface area contributed by atoms with Crippen LogP contribution in [0.5, 0.6) is 0 Å². The summed E-state index contributed by atoms with van der Waals surface area (Å²) in [6, 6.07) is 0.0559. The summed E-state index contributed by atoms with van der Waals surface area (Å²) in [6.45, 7) is 3.01. The molecule has 0 radical (unpaired) electrons. The third-order valence-electron chi connectivity index (χ3n) is 2.73. The molecule has 1 aromatic rings. The summed E-state index contributed by atoms with van der Waals surface area (Å²) in [5.41, 5.74) is 5.05. The first kappa shape index (κ1) is 17.0. The molecule has 1 aromatic carbocycles. The van der Waals surface area contributed by atoms with Gasteiger partial charge in [0, 0.05) is 12.1 Å². The molecular weight excluding hydrogens is 287 g/mol. The van der Waals surface area contributed by atoms with Crippen LogP contribution in [0.25, 0.3) is 0 Å². The zero-order valence-corrected chi connectivity index (χ0v) is 11.5. The molecule has 0 spiro atoms. The van der Waals surface area contributed by atoms with E-state index in [1.165, 1.54) is 0 Å². The molecule has 0 heterocycles. The van der Waals surface area contributed by atoms with E-state index in [-0.39, 0.29) is 5.92 Å². The van der Waals surface area contributed by atoms with Crippen LogP contribution in [0, 0.1) is 23.4 Å². The van der Waals surface area contributed by atoms with Gasteiger partial charge < -0.3 is 16.4 Å². The summed E-state index contributed by atoms with van der Waals surface area (Å²) in [5.74, 6) is -5.21. The first-order valence-electron chi connectivity index (χ1n) is 6.20. The van der Waals surface area contributed by atoms with E-state index in [9.17, 15) is 22.8 Å². The monoisotopic (exact) mass is 303 g/mol. The van der Waals surface area contributed by atoms with Gasteiger partial charge in [0.15, 0.2) is 11.6 Å². The zero-order chi connectivity index (χ0) is 16.2. The number of carbonyl (C=O) groups is 2. The van der Waals surface area contributed by atoms with Crippen LogP contribution in [0.1, 0.15) is 13.8 Å². The number of amides is 2. The van der Waals surface area contributed by atoms with Gasteiger partial charge >= 0.3 is 0 Å². The molecule has 4 N–H and O–H groups in total. The van der Waals surface area contributed by atoms with Crippen LogP contribution in [0.2, 0.25) is 0 Å². The minimum Gasteiger partial charge on any atom is -0.346 e. The largest absolute Gasteiger partial charge is 0.346 e. The number of halogens is 3. The molecule has 2 amide bonds. The fraction of sp³-hybridized carbons (Fsp3) is 0.385. The van der Waals surface area contributed by atoms with E-state index in [2.05, 4.69) is 5.32 Å². The van der Waals surface area contributed by atoms with Crippen molar-refractivity contribution in [3.63, 3.8) is 0 Å². The zero-order valence-electron chi connectivity index (χ0n) is 11.5. The Hall–Kier alpha value is -2.09. The molecule has 0 aromatic heterocycles. The highest BCUT2D eigenvalue weighted by atomic mass is 19.2. The fourth-order valence-electron chi connectivity index (χ4n) is 1.40. The van der Waals surface area contributed by atoms with Gasteiger partial charge in [-0.3, -0.25) is 9.59 Å². The number of benzene rings is 1. The van der Waals surface area contributed by atoms with Crippen molar-refractivity contribution in [1.82, 2.24) is 5.32 Å². The molecule has 0 aliphatic heterocycles. The lowest BCUT2D eigenvalue weighted by molar-refractivity contribution is -0.125. The maximum atomic E-state index is 13.3. The Balaban J connectivity index is 2.59. The van der Waals surface area contributed by atoms with E-state index in [4.69, 9.17) is 5.73 Å². The summed E-state index contributed by atoms with van der Waals surface area (Å²) in [4.78, 5) is 23.0.